The molecule has 0 aromatic rings. The van der Waals surface area contributed by atoms with E-state index >= 15 is 0 Å². The quantitative estimate of drug-likeness (QED) is 0.749. The van der Waals surface area contributed by atoms with Crippen molar-refractivity contribution in [3.8, 4) is 0 Å². The van der Waals surface area contributed by atoms with E-state index < -0.39 is 0 Å². The van der Waals surface area contributed by atoms with Crippen molar-refractivity contribution in [2.45, 2.75) is 59.9 Å². The van der Waals surface area contributed by atoms with Gasteiger partial charge in [-0.25, -0.2) is 0 Å². The first kappa shape index (κ1) is 16.0. The van der Waals surface area contributed by atoms with Crippen LogP contribution in [0.5, 0.6) is 0 Å². The fourth-order valence-electron chi connectivity index (χ4n) is 2.93. The highest BCUT2D eigenvalue weighted by atomic mass is 15.2. The smallest absolute Gasteiger partial charge is 0.0105 e. The Balaban J connectivity index is 2.30. The van der Waals surface area contributed by atoms with Crippen molar-refractivity contribution >= 4 is 0 Å². The molecule has 108 valence electrons. The summed E-state index contributed by atoms with van der Waals surface area (Å²) in [5.74, 6) is 2.45. The zero-order valence-electron chi connectivity index (χ0n) is 13.2. The summed E-state index contributed by atoms with van der Waals surface area (Å²) in [6.45, 7) is 16.6. The third kappa shape index (κ3) is 5.27. The van der Waals surface area contributed by atoms with Gasteiger partial charge in [-0.1, -0.05) is 34.1 Å². The van der Waals surface area contributed by atoms with Gasteiger partial charge in [0.25, 0.3) is 0 Å². The van der Waals surface area contributed by atoms with Gasteiger partial charge < -0.3 is 10.2 Å². The Labute approximate surface area is 115 Å². The van der Waals surface area contributed by atoms with Crippen LogP contribution in [0.3, 0.4) is 0 Å². The number of hydrogen-bond acceptors (Lipinski definition) is 2. The average Bonchev–Trinajstić information content (AvgIpc) is 2.37. The zero-order valence-corrected chi connectivity index (χ0v) is 13.2. The summed E-state index contributed by atoms with van der Waals surface area (Å²) in [5.41, 5.74) is 0. The minimum atomic E-state index is 0.721. The van der Waals surface area contributed by atoms with Crippen LogP contribution in [0.25, 0.3) is 0 Å². The van der Waals surface area contributed by atoms with E-state index in [2.05, 4.69) is 44.8 Å². The molecule has 0 aliphatic carbocycles. The summed E-state index contributed by atoms with van der Waals surface area (Å²) in [4.78, 5) is 2.72. The maximum atomic E-state index is 3.60. The van der Waals surface area contributed by atoms with Crippen LogP contribution in [-0.4, -0.2) is 37.1 Å². The van der Waals surface area contributed by atoms with Gasteiger partial charge in [0.15, 0.2) is 0 Å². The molecular weight excluding hydrogens is 220 g/mol. The maximum absolute atomic E-state index is 3.60. The van der Waals surface area contributed by atoms with Crippen molar-refractivity contribution in [2.75, 3.05) is 26.2 Å². The number of nitrogens with zero attached hydrogens (tertiary/aromatic N) is 1. The lowest BCUT2D eigenvalue weighted by Crippen LogP contribution is -2.46. The van der Waals surface area contributed by atoms with Gasteiger partial charge in [-0.3, -0.25) is 0 Å². The molecule has 1 N–H and O–H groups in total. The van der Waals surface area contributed by atoms with E-state index in [-0.39, 0.29) is 0 Å². The fourth-order valence-corrected chi connectivity index (χ4v) is 2.93. The molecule has 2 nitrogen and oxygen atoms in total. The van der Waals surface area contributed by atoms with Gasteiger partial charge in [-0.05, 0) is 57.2 Å². The second kappa shape index (κ2) is 8.16. The van der Waals surface area contributed by atoms with Crippen LogP contribution in [0, 0.1) is 17.8 Å². The molecular formula is C16H34N2. The molecule has 3 unspecified atom stereocenters. The molecule has 0 spiro atoms. The monoisotopic (exact) mass is 254 g/mol. The number of nitrogens with one attached hydrogen (secondary N) is 1. The largest absolute Gasteiger partial charge is 0.316 e. The van der Waals surface area contributed by atoms with Crippen molar-refractivity contribution in [1.29, 1.82) is 0 Å². The van der Waals surface area contributed by atoms with Crippen LogP contribution in [0.4, 0.5) is 0 Å². The molecule has 0 aromatic carbocycles. The number of hydrogen-bond donors (Lipinski definition) is 1. The van der Waals surface area contributed by atoms with E-state index in [1.54, 1.807) is 0 Å². The average molecular weight is 254 g/mol. The lowest BCUT2D eigenvalue weighted by atomic mass is 9.92. The number of likely N-dealkylation sites (tertiary alicyclic amines) is 1. The topological polar surface area (TPSA) is 15.3 Å². The first-order valence-electron chi connectivity index (χ1n) is 7.99. The third-order valence-corrected chi connectivity index (χ3v) is 4.55. The lowest BCUT2D eigenvalue weighted by molar-refractivity contribution is 0.0989. The van der Waals surface area contributed by atoms with Crippen LogP contribution >= 0.6 is 0 Å². The second-order valence-electron chi connectivity index (χ2n) is 6.68. The van der Waals surface area contributed by atoms with Crippen LogP contribution in [0.2, 0.25) is 0 Å². The van der Waals surface area contributed by atoms with Gasteiger partial charge >= 0.3 is 0 Å². The highest BCUT2D eigenvalue weighted by molar-refractivity contribution is 4.80. The van der Waals surface area contributed by atoms with E-state index in [0.29, 0.717) is 0 Å². The van der Waals surface area contributed by atoms with Crippen molar-refractivity contribution in [1.82, 2.24) is 10.2 Å². The van der Waals surface area contributed by atoms with Gasteiger partial charge in [0.1, 0.15) is 0 Å². The summed E-state index contributed by atoms with van der Waals surface area (Å²) >= 11 is 0. The van der Waals surface area contributed by atoms with E-state index in [1.165, 1.54) is 32.4 Å². The van der Waals surface area contributed by atoms with Gasteiger partial charge in [0.2, 0.25) is 0 Å². The minimum Gasteiger partial charge on any atom is -0.316 e. The van der Waals surface area contributed by atoms with E-state index in [9.17, 15) is 0 Å². The molecule has 3 atom stereocenters. The fraction of sp³-hybridized carbons (Fsp3) is 1.00. The van der Waals surface area contributed by atoms with E-state index in [0.717, 1.165) is 36.9 Å². The summed E-state index contributed by atoms with van der Waals surface area (Å²) in [6, 6.07) is 0.721. The number of rotatable bonds is 7. The molecule has 18 heavy (non-hydrogen) atoms. The Morgan fingerprint density at radius 2 is 1.89 bits per heavy atom. The molecule has 1 saturated heterocycles. The maximum Gasteiger partial charge on any atom is 0.0105 e. The molecule has 2 heteroatoms. The summed E-state index contributed by atoms with van der Waals surface area (Å²) in [7, 11) is 0. The summed E-state index contributed by atoms with van der Waals surface area (Å²) in [6.07, 6.45) is 4.19. The molecule has 1 rings (SSSR count). The van der Waals surface area contributed by atoms with Gasteiger partial charge in [0, 0.05) is 12.6 Å². The molecule has 1 fully saturated rings. The molecule has 0 aromatic heterocycles. The highest BCUT2D eigenvalue weighted by Crippen LogP contribution is 2.23. The Morgan fingerprint density at radius 1 is 1.17 bits per heavy atom. The molecule has 0 saturated carbocycles. The van der Waals surface area contributed by atoms with Crippen LogP contribution in [0.1, 0.15) is 53.9 Å². The second-order valence-corrected chi connectivity index (χ2v) is 6.68. The molecule has 1 aliphatic rings. The molecule has 1 aliphatic heterocycles. The van der Waals surface area contributed by atoms with Crippen molar-refractivity contribution in [3.63, 3.8) is 0 Å². The van der Waals surface area contributed by atoms with Gasteiger partial charge in [-0.15, -0.1) is 0 Å². The van der Waals surface area contributed by atoms with Crippen molar-refractivity contribution < 1.29 is 0 Å². The predicted molar refractivity (Wildman–Crippen MR) is 80.9 cm³/mol. The van der Waals surface area contributed by atoms with Gasteiger partial charge in [0.05, 0.1) is 0 Å². The summed E-state index contributed by atoms with van der Waals surface area (Å²) in [5, 5.41) is 3.60. The highest BCUT2D eigenvalue weighted by Gasteiger charge is 2.25. The first-order chi connectivity index (χ1) is 8.54. The normalized spacial score (nSPS) is 25.3. The van der Waals surface area contributed by atoms with Crippen LogP contribution in [0.15, 0.2) is 0 Å². The Hall–Kier alpha value is -0.0800. The van der Waals surface area contributed by atoms with Crippen molar-refractivity contribution in [3.05, 3.63) is 0 Å². The Morgan fingerprint density at radius 3 is 2.50 bits per heavy atom. The predicted octanol–water partition coefficient (Wildman–Crippen LogP) is 3.38. The standard InChI is InChI=1S/C16H34N2/c1-6-16-8-7-9-18(12-16)15(5)14(4)11-17-10-13(2)3/h13-17H,6-12H2,1-5H3. The van der Waals surface area contributed by atoms with Gasteiger partial charge in [-0.2, -0.15) is 0 Å². The zero-order chi connectivity index (χ0) is 13.5. The molecule has 1 heterocycles. The van der Waals surface area contributed by atoms with Crippen molar-refractivity contribution in [2.24, 2.45) is 17.8 Å². The first-order valence-corrected chi connectivity index (χ1v) is 7.99. The molecule has 0 radical (unpaired) electrons. The van der Waals surface area contributed by atoms with Crippen LogP contribution in [-0.2, 0) is 0 Å². The Kier molecular flexibility index (Phi) is 7.25. The Bertz CT molecular complexity index is 215. The molecule has 0 amide bonds. The van der Waals surface area contributed by atoms with E-state index in [4.69, 9.17) is 0 Å². The number of piperidine rings is 1. The third-order valence-electron chi connectivity index (χ3n) is 4.55. The molecule has 0 bridgehead atoms. The van der Waals surface area contributed by atoms with Crippen LogP contribution < -0.4 is 5.32 Å². The lowest BCUT2D eigenvalue weighted by Gasteiger charge is -2.39. The SMILES string of the molecule is CCC1CCCN(C(C)C(C)CNCC(C)C)C1. The minimum absolute atomic E-state index is 0.721. The van der Waals surface area contributed by atoms with E-state index in [1.807, 2.05) is 0 Å². The summed E-state index contributed by atoms with van der Waals surface area (Å²) < 4.78 is 0.